The van der Waals surface area contributed by atoms with E-state index in [2.05, 4.69) is 24.2 Å². The second-order valence-corrected chi connectivity index (χ2v) is 4.55. The highest BCUT2D eigenvalue weighted by Crippen LogP contribution is 2.23. The van der Waals surface area contributed by atoms with E-state index in [-0.39, 0.29) is 12.0 Å². The monoisotopic (exact) mass is 228 g/mol. The molecule has 1 unspecified atom stereocenters. The van der Waals surface area contributed by atoms with Crippen molar-refractivity contribution in [3.8, 4) is 0 Å². The Bertz CT molecular complexity index is 217. The Morgan fingerprint density at radius 2 is 2.25 bits per heavy atom. The van der Waals surface area contributed by atoms with Gasteiger partial charge >= 0.3 is 5.97 Å². The number of hydrogen-bond acceptors (Lipinski definition) is 4. The van der Waals surface area contributed by atoms with Crippen LogP contribution < -0.4 is 5.32 Å². The first-order valence-electron chi connectivity index (χ1n) is 6.20. The van der Waals surface area contributed by atoms with Crippen molar-refractivity contribution in [3.63, 3.8) is 0 Å². The Morgan fingerprint density at radius 1 is 1.56 bits per heavy atom. The summed E-state index contributed by atoms with van der Waals surface area (Å²) in [5.74, 6) is -0.153. The van der Waals surface area contributed by atoms with Gasteiger partial charge in [0.05, 0.1) is 7.11 Å². The summed E-state index contributed by atoms with van der Waals surface area (Å²) < 4.78 is 4.81. The second kappa shape index (κ2) is 6.86. The summed E-state index contributed by atoms with van der Waals surface area (Å²) >= 11 is 0. The lowest BCUT2D eigenvalue weighted by atomic mass is 9.91. The SMILES string of the molecule is CCCNC(CN(C)C1CCC1)C(=O)OC. The lowest BCUT2D eigenvalue weighted by Gasteiger charge is -2.36. The molecule has 0 spiro atoms. The highest BCUT2D eigenvalue weighted by atomic mass is 16.5. The van der Waals surface area contributed by atoms with Gasteiger partial charge in [-0.2, -0.15) is 0 Å². The highest BCUT2D eigenvalue weighted by Gasteiger charge is 2.27. The molecule has 1 fully saturated rings. The van der Waals surface area contributed by atoms with Gasteiger partial charge < -0.3 is 15.0 Å². The number of nitrogens with one attached hydrogen (secondary N) is 1. The van der Waals surface area contributed by atoms with Crippen LogP contribution in [0, 0.1) is 0 Å². The quantitative estimate of drug-likeness (QED) is 0.660. The lowest BCUT2D eigenvalue weighted by molar-refractivity contribution is -0.143. The predicted octanol–water partition coefficient (Wildman–Crippen LogP) is 1.01. The van der Waals surface area contributed by atoms with E-state index < -0.39 is 0 Å². The summed E-state index contributed by atoms with van der Waals surface area (Å²) in [4.78, 5) is 13.8. The van der Waals surface area contributed by atoms with E-state index in [9.17, 15) is 4.79 Å². The van der Waals surface area contributed by atoms with Gasteiger partial charge in [0.1, 0.15) is 6.04 Å². The molecule has 1 saturated carbocycles. The highest BCUT2D eigenvalue weighted by molar-refractivity contribution is 5.75. The average molecular weight is 228 g/mol. The third-order valence-corrected chi connectivity index (χ3v) is 3.30. The molecule has 4 heteroatoms. The fourth-order valence-electron chi connectivity index (χ4n) is 1.95. The number of rotatable bonds is 7. The van der Waals surface area contributed by atoms with Crippen LogP contribution in [0.15, 0.2) is 0 Å². The number of nitrogens with zero attached hydrogens (tertiary/aromatic N) is 1. The van der Waals surface area contributed by atoms with E-state index in [1.165, 1.54) is 26.4 Å². The van der Waals surface area contributed by atoms with Gasteiger partial charge in [-0.3, -0.25) is 4.79 Å². The van der Waals surface area contributed by atoms with E-state index in [0.717, 1.165) is 19.5 Å². The van der Waals surface area contributed by atoms with E-state index in [1.54, 1.807) is 0 Å². The van der Waals surface area contributed by atoms with Gasteiger partial charge in [-0.15, -0.1) is 0 Å². The van der Waals surface area contributed by atoms with E-state index in [4.69, 9.17) is 4.74 Å². The first kappa shape index (κ1) is 13.5. The molecule has 0 aromatic rings. The molecule has 0 heterocycles. The van der Waals surface area contributed by atoms with Gasteiger partial charge in [0.25, 0.3) is 0 Å². The van der Waals surface area contributed by atoms with Crippen molar-refractivity contribution < 1.29 is 9.53 Å². The fourth-order valence-corrected chi connectivity index (χ4v) is 1.95. The van der Waals surface area contributed by atoms with Crippen LogP contribution in [0.4, 0.5) is 0 Å². The molecule has 1 rings (SSSR count). The number of ether oxygens (including phenoxy) is 1. The van der Waals surface area contributed by atoms with Crippen molar-refractivity contribution in [2.75, 3.05) is 27.2 Å². The third-order valence-electron chi connectivity index (χ3n) is 3.30. The molecule has 0 saturated heterocycles. The maximum atomic E-state index is 11.6. The lowest BCUT2D eigenvalue weighted by Crippen LogP contribution is -2.49. The van der Waals surface area contributed by atoms with E-state index in [1.807, 2.05) is 0 Å². The average Bonchev–Trinajstić information content (AvgIpc) is 2.20. The standard InChI is InChI=1S/C12H24N2O2/c1-4-8-13-11(12(15)16-3)9-14(2)10-6-5-7-10/h10-11,13H,4-9H2,1-3H3. The second-order valence-electron chi connectivity index (χ2n) is 4.55. The molecule has 0 aromatic heterocycles. The van der Waals surface area contributed by atoms with E-state index in [0.29, 0.717) is 6.04 Å². The number of carbonyl (C=O) groups excluding carboxylic acids is 1. The van der Waals surface area contributed by atoms with Crippen LogP contribution in [0.5, 0.6) is 0 Å². The molecule has 94 valence electrons. The van der Waals surface area contributed by atoms with Crippen molar-refractivity contribution >= 4 is 5.97 Å². The Morgan fingerprint density at radius 3 is 2.69 bits per heavy atom. The molecule has 0 radical (unpaired) electrons. The third kappa shape index (κ3) is 3.76. The van der Waals surface area contributed by atoms with Gasteiger partial charge in [0, 0.05) is 12.6 Å². The van der Waals surface area contributed by atoms with Crippen LogP contribution >= 0.6 is 0 Å². The molecule has 0 bridgehead atoms. The maximum Gasteiger partial charge on any atom is 0.324 e. The summed E-state index contributed by atoms with van der Waals surface area (Å²) in [7, 11) is 3.54. The Hall–Kier alpha value is -0.610. The smallest absolute Gasteiger partial charge is 0.324 e. The van der Waals surface area contributed by atoms with Crippen LogP contribution in [0.2, 0.25) is 0 Å². The number of likely N-dealkylation sites (N-methyl/N-ethyl adjacent to an activating group) is 1. The molecular weight excluding hydrogens is 204 g/mol. The van der Waals surface area contributed by atoms with Crippen molar-refractivity contribution in [2.45, 2.75) is 44.7 Å². The molecule has 1 atom stereocenters. The zero-order valence-electron chi connectivity index (χ0n) is 10.7. The molecule has 0 aromatic carbocycles. The molecule has 0 amide bonds. The minimum atomic E-state index is -0.185. The Balaban J connectivity index is 2.38. The first-order valence-corrected chi connectivity index (χ1v) is 6.20. The summed E-state index contributed by atoms with van der Waals surface area (Å²) in [5.41, 5.74) is 0. The van der Waals surface area contributed by atoms with Crippen LogP contribution in [0.3, 0.4) is 0 Å². The minimum Gasteiger partial charge on any atom is -0.468 e. The zero-order chi connectivity index (χ0) is 12.0. The molecule has 0 aliphatic heterocycles. The van der Waals surface area contributed by atoms with Crippen LogP contribution in [0.25, 0.3) is 0 Å². The number of hydrogen-bond donors (Lipinski definition) is 1. The van der Waals surface area contributed by atoms with Crippen molar-refractivity contribution in [3.05, 3.63) is 0 Å². The van der Waals surface area contributed by atoms with Gasteiger partial charge in [-0.05, 0) is 32.9 Å². The summed E-state index contributed by atoms with van der Waals surface area (Å²) in [6.07, 6.45) is 4.87. The predicted molar refractivity (Wildman–Crippen MR) is 64.4 cm³/mol. The maximum absolute atomic E-state index is 11.6. The molecular formula is C12H24N2O2. The largest absolute Gasteiger partial charge is 0.468 e. The first-order chi connectivity index (χ1) is 7.69. The normalized spacial score (nSPS) is 18.2. The van der Waals surface area contributed by atoms with Crippen LogP contribution in [0.1, 0.15) is 32.6 Å². The molecule has 1 N–H and O–H groups in total. The number of esters is 1. The van der Waals surface area contributed by atoms with Gasteiger partial charge in [0.2, 0.25) is 0 Å². The molecule has 1 aliphatic carbocycles. The minimum absolute atomic E-state index is 0.153. The Labute approximate surface area is 98.3 Å². The van der Waals surface area contributed by atoms with Crippen LogP contribution in [-0.2, 0) is 9.53 Å². The molecule has 1 aliphatic rings. The fraction of sp³-hybridized carbons (Fsp3) is 0.917. The summed E-state index contributed by atoms with van der Waals surface area (Å²) in [6, 6.07) is 0.478. The van der Waals surface area contributed by atoms with Crippen molar-refractivity contribution in [2.24, 2.45) is 0 Å². The number of carbonyl (C=O) groups is 1. The van der Waals surface area contributed by atoms with Crippen molar-refractivity contribution in [1.82, 2.24) is 10.2 Å². The van der Waals surface area contributed by atoms with Gasteiger partial charge in [0.15, 0.2) is 0 Å². The Kier molecular flexibility index (Phi) is 5.77. The zero-order valence-corrected chi connectivity index (χ0v) is 10.7. The summed E-state index contributed by atoms with van der Waals surface area (Å²) in [5, 5.41) is 3.24. The van der Waals surface area contributed by atoms with Crippen LogP contribution in [-0.4, -0.2) is 50.2 Å². The molecule has 16 heavy (non-hydrogen) atoms. The van der Waals surface area contributed by atoms with Gasteiger partial charge in [-0.25, -0.2) is 0 Å². The number of methoxy groups -OCH3 is 1. The van der Waals surface area contributed by atoms with E-state index >= 15 is 0 Å². The topological polar surface area (TPSA) is 41.6 Å². The summed E-state index contributed by atoms with van der Waals surface area (Å²) in [6.45, 7) is 3.70. The van der Waals surface area contributed by atoms with Crippen molar-refractivity contribution in [1.29, 1.82) is 0 Å². The molecule has 4 nitrogen and oxygen atoms in total. The van der Waals surface area contributed by atoms with Gasteiger partial charge in [-0.1, -0.05) is 13.3 Å².